The summed E-state index contributed by atoms with van der Waals surface area (Å²) in [6.45, 7) is 5.73. The first kappa shape index (κ1) is 48.3. The third kappa shape index (κ3) is 15.0. The van der Waals surface area contributed by atoms with E-state index in [0.29, 0.717) is 11.4 Å². The fourth-order valence-corrected chi connectivity index (χ4v) is 5.55. The molecule has 0 atom stereocenters. The van der Waals surface area contributed by atoms with Gasteiger partial charge in [0.05, 0.1) is 0 Å². The summed E-state index contributed by atoms with van der Waals surface area (Å²) in [5.74, 6) is 0. The van der Waals surface area contributed by atoms with Crippen LogP contribution in [0, 0.1) is 22.7 Å². The van der Waals surface area contributed by atoms with Crippen molar-refractivity contribution in [2.24, 2.45) is 0 Å². The van der Waals surface area contributed by atoms with Gasteiger partial charge in [-0.15, -0.1) is 0 Å². The van der Waals surface area contributed by atoms with Gasteiger partial charge < -0.3 is 8.25 Å². The van der Waals surface area contributed by atoms with Crippen molar-refractivity contribution in [1.29, 1.82) is 10.5 Å². The lowest BCUT2D eigenvalue weighted by Crippen LogP contribution is -2.35. The van der Waals surface area contributed by atoms with Gasteiger partial charge in [-0.25, -0.2) is 33.7 Å². The van der Waals surface area contributed by atoms with E-state index in [2.05, 4.69) is 12.1 Å². The van der Waals surface area contributed by atoms with Crippen molar-refractivity contribution in [3.05, 3.63) is 68.4 Å². The molecule has 0 amide bonds. The number of pyridine rings is 2. The van der Waals surface area contributed by atoms with Crippen molar-refractivity contribution in [2.75, 3.05) is 0 Å². The smallest absolute Gasteiger partial charge is 0.421 e. The molecule has 0 aliphatic carbocycles. The normalized spacial score (nSPS) is 12.7. The first-order valence-electron chi connectivity index (χ1n) is 11.7. The molecule has 2 aromatic heterocycles. The molecular weight excluding hydrogens is 808 g/mol. The molecule has 2 rings (SSSR count). The number of nitrogens with zero attached hydrogens (tertiary/aromatic N) is 6. The fraction of sp³-hybridized carbons (Fsp3) is 0.400. The van der Waals surface area contributed by atoms with Gasteiger partial charge in [0.2, 0.25) is 0 Å². The molecule has 2 aromatic rings. The highest BCUT2D eigenvalue weighted by molar-refractivity contribution is 8.13. The van der Waals surface area contributed by atoms with Crippen molar-refractivity contribution in [1.82, 2.24) is 0 Å². The third-order valence-electron chi connectivity index (χ3n) is 4.35. The summed E-state index contributed by atoms with van der Waals surface area (Å²) in [6, 6.07) is 15.4. The molecule has 0 bridgehead atoms. The molecule has 0 spiro atoms. The first-order valence-corrected chi connectivity index (χ1v) is 17.4. The molecule has 0 fully saturated rings. The van der Waals surface area contributed by atoms with Gasteiger partial charge >= 0.3 is 22.0 Å². The predicted molar refractivity (Wildman–Crippen MR) is 141 cm³/mol. The molecule has 0 aliphatic heterocycles. The molecule has 0 unspecified atom stereocenters. The van der Waals surface area contributed by atoms with Crippen LogP contribution in [-0.4, -0.2) is 55.7 Å². The Hall–Kier alpha value is -3.84. The maximum Gasteiger partial charge on any atom is 0.480 e. The summed E-state index contributed by atoms with van der Waals surface area (Å²) in [6.07, 6.45) is 3.80. The van der Waals surface area contributed by atoms with Crippen molar-refractivity contribution in [3.8, 4) is 12.1 Å². The maximum absolute atomic E-state index is 11.4. The number of alkyl halides is 12. The van der Waals surface area contributed by atoms with Gasteiger partial charge in [0.1, 0.15) is 13.1 Å². The minimum atomic E-state index is -6.72. The van der Waals surface area contributed by atoms with Crippen molar-refractivity contribution < 1.29 is 95.5 Å². The lowest BCUT2D eigenvalue weighted by Gasteiger charge is -2.22. The Morgan fingerprint density at radius 1 is 0.520 bits per heavy atom. The van der Waals surface area contributed by atoms with E-state index in [9.17, 15) is 86.4 Å². The van der Waals surface area contributed by atoms with E-state index in [-0.39, 0.29) is 0 Å². The molecule has 0 saturated heterocycles. The highest BCUT2D eigenvalue weighted by Crippen LogP contribution is 2.37. The van der Waals surface area contributed by atoms with Crippen molar-refractivity contribution >= 4 is 40.1 Å². The lowest BCUT2D eigenvalue weighted by molar-refractivity contribution is -0.696. The van der Waals surface area contributed by atoms with Gasteiger partial charge in [-0.1, -0.05) is 0 Å². The number of hydrogen-bond acceptors (Lipinski definition) is 10. The van der Waals surface area contributed by atoms with Crippen LogP contribution in [0.3, 0.4) is 0 Å². The molecule has 30 heteroatoms. The number of rotatable bonds is 6. The van der Waals surface area contributed by atoms with E-state index in [1.165, 1.54) is 0 Å². The molecule has 0 N–H and O–H groups in total. The van der Waals surface area contributed by atoms with Crippen LogP contribution < -0.4 is 9.13 Å². The van der Waals surface area contributed by atoms with Gasteiger partial charge in [-0.2, -0.15) is 72.3 Å². The Balaban J connectivity index is 0. The molecule has 14 nitrogen and oxygen atoms in total. The Bertz CT molecular complexity index is 1740. The van der Waals surface area contributed by atoms with Crippen LogP contribution >= 0.6 is 0 Å². The van der Waals surface area contributed by atoms with Gasteiger partial charge in [0.25, 0.3) is 11.4 Å². The van der Waals surface area contributed by atoms with Crippen LogP contribution in [0.1, 0.15) is 25.2 Å². The van der Waals surface area contributed by atoms with E-state index >= 15 is 0 Å². The quantitative estimate of drug-likeness (QED) is 0.303. The number of halogens is 12. The molecule has 2 heterocycles. The average Bonchev–Trinajstić information content (AvgIpc) is 2.94. The van der Waals surface area contributed by atoms with Gasteiger partial charge in [-0.3, -0.25) is 0 Å². The van der Waals surface area contributed by atoms with Crippen LogP contribution in [0.25, 0.3) is 8.25 Å². The summed E-state index contributed by atoms with van der Waals surface area (Å²) in [7, 11) is -26.9. The molecule has 0 aromatic carbocycles. The zero-order chi connectivity index (χ0) is 40.2. The van der Waals surface area contributed by atoms with Crippen LogP contribution in [-0.2, 0) is 53.2 Å². The second kappa shape index (κ2) is 17.9. The average molecular weight is 827 g/mol. The van der Waals surface area contributed by atoms with Gasteiger partial charge in [0.15, 0.2) is 64.6 Å². The van der Waals surface area contributed by atoms with E-state index in [4.69, 9.17) is 10.5 Å². The Labute approximate surface area is 275 Å². The van der Waals surface area contributed by atoms with Crippen LogP contribution in [0.15, 0.2) is 48.8 Å². The molecule has 284 valence electrons. The highest BCUT2D eigenvalue weighted by Gasteiger charge is 2.48. The zero-order valence-electron chi connectivity index (χ0n) is 24.2. The van der Waals surface area contributed by atoms with Crippen molar-refractivity contribution in [3.63, 3.8) is 0 Å². The monoisotopic (exact) mass is 826 g/mol. The summed E-state index contributed by atoms with van der Waals surface area (Å²) in [5.41, 5.74) is -23.4. The number of aryl methyl sites for hydroxylation is 2. The third-order valence-corrected chi connectivity index (χ3v) is 9.83. The maximum atomic E-state index is 11.4. The lowest BCUT2D eigenvalue weighted by atomic mass is 10.3. The van der Waals surface area contributed by atoms with Crippen LogP contribution in [0.4, 0.5) is 52.7 Å². The van der Waals surface area contributed by atoms with Crippen molar-refractivity contribution in [2.45, 2.75) is 49.0 Å². The number of nitriles is 2. The molecule has 0 aliphatic rings. The number of sulfonamides is 4. The second-order valence-electron chi connectivity index (χ2n) is 7.80. The van der Waals surface area contributed by atoms with Crippen LogP contribution in [0.2, 0.25) is 0 Å². The fourth-order valence-electron chi connectivity index (χ4n) is 2.13. The van der Waals surface area contributed by atoms with E-state index in [0.717, 1.165) is 21.3 Å². The summed E-state index contributed by atoms with van der Waals surface area (Å²) in [5, 5.41) is 17.2. The molecular formula is C20H18F12N6O8S4. The SMILES string of the molecule is CC[n+]1ccccc1C#N.CC[n+]1ccccc1C#N.O=S(=O)([N-]S(=O)(=O)C(F)(F)F)C(F)(F)F.O=S(=O)([N-]S(=O)(=O)C(F)(F)F)C(F)(F)F. The molecule has 50 heavy (non-hydrogen) atoms. The zero-order valence-corrected chi connectivity index (χ0v) is 27.4. The summed E-state index contributed by atoms with van der Waals surface area (Å²) in [4.78, 5) is 0. The topological polar surface area (TPSA) is 220 Å². The van der Waals surface area contributed by atoms with Crippen LogP contribution in [0.5, 0.6) is 0 Å². The minimum Gasteiger partial charge on any atom is -0.421 e. The van der Waals surface area contributed by atoms with E-state index in [1.807, 2.05) is 71.8 Å². The number of hydrogen-bond donors (Lipinski definition) is 0. The largest absolute Gasteiger partial charge is 0.480 e. The second-order valence-corrected chi connectivity index (χ2v) is 14.6. The predicted octanol–water partition coefficient (Wildman–Crippen LogP) is 3.85. The Kier molecular flexibility index (Phi) is 17.3. The van der Waals surface area contributed by atoms with E-state index in [1.54, 1.807) is 0 Å². The summed E-state index contributed by atoms with van der Waals surface area (Å²) < 4.78 is 222. The first-order chi connectivity index (χ1) is 22.2. The molecule has 0 saturated carbocycles. The van der Waals surface area contributed by atoms with Gasteiger partial charge in [-0.05, 0) is 26.0 Å². The Morgan fingerprint density at radius 2 is 0.740 bits per heavy atom. The summed E-state index contributed by atoms with van der Waals surface area (Å²) >= 11 is 0. The molecule has 0 radical (unpaired) electrons. The van der Waals surface area contributed by atoms with Gasteiger partial charge in [0, 0.05) is 24.3 Å². The standard InChI is InChI=1S/2C8H9N2.2C2F6NO4S2/c2*1-2-10-6-4-3-5-8(10)7-9;2*3-1(4,5)14(10,11)9-15(12,13)2(6,7)8/h2*3-6H,2H2,1H3;;/q2*+1;2*-1. The highest BCUT2D eigenvalue weighted by atomic mass is 32.3. The minimum absolute atomic E-state index is 0.713. The van der Waals surface area contributed by atoms with E-state index < -0.39 is 62.1 Å². The number of aromatic nitrogens is 2. The Morgan fingerprint density at radius 3 is 0.880 bits per heavy atom.